The van der Waals surface area contributed by atoms with Gasteiger partial charge in [0, 0.05) is 29.5 Å². The fraction of sp³-hybridized carbons (Fsp3) is 0.500. The predicted molar refractivity (Wildman–Crippen MR) is 72.1 cm³/mol. The Labute approximate surface area is 110 Å². The van der Waals surface area contributed by atoms with Gasteiger partial charge in [-0.1, -0.05) is 0 Å². The molecule has 1 aromatic carbocycles. The van der Waals surface area contributed by atoms with Crippen LogP contribution in [0.15, 0.2) is 18.2 Å². The van der Waals surface area contributed by atoms with E-state index in [4.69, 9.17) is 10.5 Å². The lowest BCUT2D eigenvalue weighted by Crippen LogP contribution is -2.29. The van der Waals surface area contributed by atoms with Gasteiger partial charge in [0.2, 0.25) is 0 Å². The largest absolute Gasteiger partial charge is 0.496 e. The van der Waals surface area contributed by atoms with Crippen molar-refractivity contribution in [2.45, 2.75) is 12.5 Å². The van der Waals surface area contributed by atoms with Crippen molar-refractivity contribution in [3.63, 3.8) is 0 Å². The lowest BCUT2D eigenvalue weighted by Gasteiger charge is -2.16. The second kappa shape index (κ2) is 5.58. The summed E-state index contributed by atoms with van der Waals surface area (Å²) >= 11 is 1.83. The van der Waals surface area contributed by atoms with Crippen LogP contribution in [-0.2, 0) is 6.42 Å². The highest BCUT2D eigenvalue weighted by atomic mass is 32.2. The normalized spacial score (nSPS) is 23.0. The fourth-order valence-corrected chi connectivity index (χ4v) is 3.49. The standard InChI is InChI=1S/C12H16N2O3S/c1-17-12-3-2-10(14(15)16)5-8(12)4-9-6-18-7-11(9)13/h2-3,5,9,11H,4,6-7,13H2,1H3. The van der Waals surface area contributed by atoms with Gasteiger partial charge < -0.3 is 10.5 Å². The Kier molecular flexibility index (Phi) is 4.08. The Balaban J connectivity index is 2.23. The maximum atomic E-state index is 10.8. The highest BCUT2D eigenvalue weighted by Crippen LogP contribution is 2.31. The number of hydrogen-bond acceptors (Lipinski definition) is 5. The zero-order valence-electron chi connectivity index (χ0n) is 10.2. The summed E-state index contributed by atoms with van der Waals surface area (Å²) in [7, 11) is 1.58. The van der Waals surface area contributed by atoms with Gasteiger partial charge in [0.05, 0.1) is 12.0 Å². The smallest absolute Gasteiger partial charge is 0.269 e. The van der Waals surface area contributed by atoms with Crippen molar-refractivity contribution in [2.24, 2.45) is 11.7 Å². The second-order valence-electron chi connectivity index (χ2n) is 4.42. The van der Waals surface area contributed by atoms with Crippen LogP contribution in [0.5, 0.6) is 5.75 Å². The van der Waals surface area contributed by atoms with E-state index >= 15 is 0 Å². The van der Waals surface area contributed by atoms with E-state index in [-0.39, 0.29) is 16.7 Å². The van der Waals surface area contributed by atoms with Crippen molar-refractivity contribution < 1.29 is 9.66 Å². The van der Waals surface area contributed by atoms with Crippen molar-refractivity contribution in [1.82, 2.24) is 0 Å². The number of hydrogen-bond donors (Lipinski definition) is 1. The number of nitrogens with zero attached hydrogens (tertiary/aromatic N) is 1. The van der Waals surface area contributed by atoms with Crippen molar-refractivity contribution in [2.75, 3.05) is 18.6 Å². The second-order valence-corrected chi connectivity index (χ2v) is 5.49. The number of rotatable bonds is 4. The minimum absolute atomic E-state index is 0.102. The van der Waals surface area contributed by atoms with Gasteiger partial charge in [0.25, 0.3) is 5.69 Å². The van der Waals surface area contributed by atoms with Crippen LogP contribution in [0.4, 0.5) is 5.69 Å². The van der Waals surface area contributed by atoms with Crippen molar-refractivity contribution in [3.8, 4) is 5.75 Å². The zero-order chi connectivity index (χ0) is 13.1. The third kappa shape index (κ3) is 2.76. The van der Waals surface area contributed by atoms with Crippen LogP contribution in [0.1, 0.15) is 5.56 Å². The maximum Gasteiger partial charge on any atom is 0.269 e. The van der Waals surface area contributed by atoms with Crippen LogP contribution in [0.3, 0.4) is 0 Å². The molecular formula is C12H16N2O3S. The summed E-state index contributed by atoms with van der Waals surface area (Å²) in [6, 6.07) is 4.88. The summed E-state index contributed by atoms with van der Waals surface area (Å²) in [4.78, 5) is 10.4. The van der Waals surface area contributed by atoms with Crippen LogP contribution >= 0.6 is 11.8 Å². The Morgan fingerprint density at radius 2 is 2.33 bits per heavy atom. The molecule has 1 saturated heterocycles. The van der Waals surface area contributed by atoms with E-state index in [0.717, 1.165) is 23.5 Å². The number of non-ortho nitro benzene ring substituents is 1. The van der Waals surface area contributed by atoms with Gasteiger partial charge in [-0.05, 0) is 24.2 Å². The zero-order valence-corrected chi connectivity index (χ0v) is 11.0. The van der Waals surface area contributed by atoms with Crippen LogP contribution < -0.4 is 10.5 Å². The molecule has 1 aliphatic heterocycles. The van der Waals surface area contributed by atoms with Crippen molar-refractivity contribution in [3.05, 3.63) is 33.9 Å². The predicted octanol–water partition coefficient (Wildman–Crippen LogP) is 1.84. The summed E-state index contributed by atoms with van der Waals surface area (Å²) in [5.41, 5.74) is 6.99. The minimum atomic E-state index is -0.383. The Bertz CT molecular complexity index is 453. The van der Waals surface area contributed by atoms with E-state index in [0.29, 0.717) is 11.7 Å². The van der Waals surface area contributed by atoms with Gasteiger partial charge >= 0.3 is 0 Å². The van der Waals surface area contributed by atoms with Gasteiger partial charge in [0.1, 0.15) is 5.75 Å². The average Bonchev–Trinajstić information content (AvgIpc) is 2.75. The first-order valence-electron chi connectivity index (χ1n) is 5.76. The highest BCUT2D eigenvalue weighted by molar-refractivity contribution is 7.99. The van der Waals surface area contributed by atoms with Gasteiger partial charge in [-0.3, -0.25) is 10.1 Å². The molecule has 1 aliphatic rings. The number of benzene rings is 1. The molecule has 2 atom stereocenters. The van der Waals surface area contributed by atoms with Crippen molar-refractivity contribution in [1.29, 1.82) is 0 Å². The number of nitro benzene ring substituents is 1. The molecule has 18 heavy (non-hydrogen) atoms. The number of methoxy groups -OCH3 is 1. The third-order valence-corrected chi connectivity index (χ3v) is 4.49. The average molecular weight is 268 g/mol. The molecule has 0 amide bonds. The van der Waals surface area contributed by atoms with E-state index < -0.39 is 0 Å². The van der Waals surface area contributed by atoms with E-state index in [1.807, 2.05) is 11.8 Å². The first-order valence-corrected chi connectivity index (χ1v) is 6.92. The molecule has 2 N–H and O–H groups in total. The first kappa shape index (κ1) is 13.2. The lowest BCUT2D eigenvalue weighted by atomic mass is 9.95. The summed E-state index contributed by atoms with van der Waals surface area (Å²) in [6.07, 6.45) is 0.735. The summed E-state index contributed by atoms with van der Waals surface area (Å²) < 4.78 is 5.26. The molecule has 0 aromatic heterocycles. The molecule has 0 saturated carbocycles. The topological polar surface area (TPSA) is 78.4 Å². The van der Waals surface area contributed by atoms with Crippen LogP contribution in [0.25, 0.3) is 0 Å². The summed E-state index contributed by atoms with van der Waals surface area (Å²) in [5, 5.41) is 10.8. The Morgan fingerprint density at radius 3 is 2.89 bits per heavy atom. The Morgan fingerprint density at radius 1 is 1.56 bits per heavy atom. The molecule has 1 heterocycles. The maximum absolute atomic E-state index is 10.8. The first-order chi connectivity index (χ1) is 8.61. The van der Waals surface area contributed by atoms with Crippen LogP contribution in [-0.4, -0.2) is 29.6 Å². The fourth-order valence-electron chi connectivity index (χ4n) is 2.15. The molecule has 1 fully saturated rings. The summed E-state index contributed by atoms with van der Waals surface area (Å²) in [6.45, 7) is 0. The van der Waals surface area contributed by atoms with Crippen LogP contribution in [0.2, 0.25) is 0 Å². The van der Waals surface area contributed by atoms with Gasteiger partial charge in [-0.25, -0.2) is 0 Å². The molecule has 0 spiro atoms. The monoisotopic (exact) mass is 268 g/mol. The van der Waals surface area contributed by atoms with E-state index in [1.165, 1.54) is 6.07 Å². The number of nitrogens with two attached hydrogens (primary N) is 1. The molecule has 5 nitrogen and oxygen atoms in total. The van der Waals surface area contributed by atoms with E-state index in [1.54, 1.807) is 19.2 Å². The highest BCUT2D eigenvalue weighted by Gasteiger charge is 2.26. The molecular weight excluding hydrogens is 252 g/mol. The lowest BCUT2D eigenvalue weighted by molar-refractivity contribution is -0.384. The van der Waals surface area contributed by atoms with Crippen LogP contribution in [0, 0.1) is 16.0 Å². The minimum Gasteiger partial charge on any atom is -0.496 e. The number of thioether (sulfide) groups is 1. The molecule has 2 rings (SSSR count). The molecule has 1 aromatic rings. The molecule has 98 valence electrons. The van der Waals surface area contributed by atoms with E-state index in [9.17, 15) is 10.1 Å². The number of nitro groups is 1. The van der Waals surface area contributed by atoms with Crippen molar-refractivity contribution >= 4 is 17.4 Å². The SMILES string of the molecule is COc1ccc([N+](=O)[O-])cc1CC1CSCC1N. The third-order valence-electron chi connectivity index (χ3n) is 3.20. The summed E-state index contributed by atoms with van der Waals surface area (Å²) in [5.74, 6) is 3.03. The van der Waals surface area contributed by atoms with Gasteiger partial charge in [-0.2, -0.15) is 11.8 Å². The van der Waals surface area contributed by atoms with E-state index in [2.05, 4.69) is 0 Å². The molecule has 6 heteroatoms. The Hall–Kier alpha value is -1.27. The molecule has 0 bridgehead atoms. The molecule has 2 unspecified atom stereocenters. The molecule has 0 radical (unpaired) electrons. The quantitative estimate of drug-likeness (QED) is 0.666. The van der Waals surface area contributed by atoms with Gasteiger partial charge in [0.15, 0.2) is 0 Å². The van der Waals surface area contributed by atoms with Gasteiger partial charge in [-0.15, -0.1) is 0 Å². The number of ether oxygens (including phenoxy) is 1. The molecule has 0 aliphatic carbocycles.